The Morgan fingerprint density at radius 1 is 1.15 bits per heavy atom. The first-order valence-corrected chi connectivity index (χ1v) is 13.1. The van der Waals surface area contributed by atoms with Crippen LogP contribution < -0.4 is 5.32 Å². The molecule has 4 fully saturated rings. The SMILES string of the molecule is CC1(CN2CC[C@@]3(COCCO3)C2)CCC(Nc2cc(-c3cccnc3C3CC3)cnn2)CC1. The van der Waals surface area contributed by atoms with Crippen molar-refractivity contribution in [3.63, 3.8) is 0 Å². The van der Waals surface area contributed by atoms with Gasteiger partial charge in [0.1, 0.15) is 11.4 Å². The molecule has 1 atom stereocenters. The summed E-state index contributed by atoms with van der Waals surface area (Å²) in [6, 6.07) is 6.79. The number of ether oxygens (including phenoxy) is 2. The highest BCUT2D eigenvalue weighted by atomic mass is 16.6. The molecule has 0 unspecified atom stereocenters. The zero-order valence-electron chi connectivity index (χ0n) is 20.3. The number of nitrogens with one attached hydrogen (secondary N) is 1. The molecule has 7 heteroatoms. The number of nitrogens with zero attached hydrogens (tertiary/aromatic N) is 4. The van der Waals surface area contributed by atoms with Gasteiger partial charge in [0.2, 0.25) is 0 Å². The van der Waals surface area contributed by atoms with E-state index < -0.39 is 0 Å². The van der Waals surface area contributed by atoms with Gasteiger partial charge in [-0.3, -0.25) is 9.88 Å². The number of pyridine rings is 1. The molecule has 2 saturated heterocycles. The van der Waals surface area contributed by atoms with Gasteiger partial charge < -0.3 is 14.8 Å². The van der Waals surface area contributed by atoms with Crippen LogP contribution in [0.15, 0.2) is 30.6 Å². The molecule has 1 spiro atoms. The second kappa shape index (κ2) is 9.17. The van der Waals surface area contributed by atoms with E-state index in [1.807, 2.05) is 18.5 Å². The Bertz CT molecular complexity index is 996. The molecule has 7 nitrogen and oxygen atoms in total. The lowest BCUT2D eigenvalue weighted by molar-refractivity contribution is -0.150. The maximum atomic E-state index is 6.13. The van der Waals surface area contributed by atoms with Crippen molar-refractivity contribution in [3.8, 4) is 11.1 Å². The summed E-state index contributed by atoms with van der Waals surface area (Å²) in [5.41, 5.74) is 3.84. The summed E-state index contributed by atoms with van der Waals surface area (Å²) < 4.78 is 11.9. The van der Waals surface area contributed by atoms with Crippen LogP contribution in [-0.2, 0) is 9.47 Å². The largest absolute Gasteiger partial charge is 0.376 e. The molecule has 0 amide bonds. The Morgan fingerprint density at radius 2 is 2.03 bits per heavy atom. The molecule has 0 radical (unpaired) electrons. The minimum atomic E-state index is -0.0509. The summed E-state index contributed by atoms with van der Waals surface area (Å²) in [5.74, 6) is 1.49. The highest BCUT2D eigenvalue weighted by Gasteiger charge is 2.43. The van der Waals surface area contributed by atoms with Gasteiger partial charge in [-0.25, -0.2) is 0 Å². The molecule has 4 heterocycles. The average Bonchev–Trinajstić information content (AvgIpc) is 3.65. The van der Waals surface area contributed by atoms with Gasteiger partial charge in [0.05, 0.1) is 31.7 Å². The van der Waals surface area contributed by atoms with E-state index >= 15 is 0 Å². The minimum absolute atomic E-state index is 0.0509. The number of anilines is 1. The monoisotopic (exact) mass is 463 g/mol. The molecule has 2 aromatic heterocycles. The Hall–Kier alpha value is -2.09. The Labute approximate surface area is 202 Å². The molecular weight excluding hydrogens is 426 g/mol. The van der Waals surface area contributed by atoms with Crippen molar-refractivity contribution in [1.29, 1.82) is 0 Å². The average molecular weight is 464 g/mol. The zero-order chi connectivity index (χ0) is 23.0. The van der Waals surface area contributed by atoms with Crippen molar-refractivity contribution in [2.24, 2.45) is 5.41 Å². The molecule has 2 saturated carbocycles. The van der Waals surface area contributed by atoms with Crippen LogP contribution in [0.5, 0.6) is 0 Å². The van der Waals surface area contributed by atoms with Crippen molar-refractivity contribution in [2.75, 3.05) is 44.8 Å². The molecule has 0 bridgehead atoms. The Kier molecular flexibility index (Phi) is 6.04. The van der Waals surface area contributed by atoms with Crippen LogP contribution >= 0.6 is 0 Å². The summed E-state index contributed by atoms with van der Waals surface area (Å²) in [6.07, 6.45) is 12.2. The first kappa shape index (κ1) is 22.4. The van der Waals surface area contributed by atoms with E-state index in [0.717, 1.165) is 57.3 Å². The van der Waals surface area contributed by atoms with E-state index in [1.54, 1.807) is 0 Å². The van der Waals surface area contributed by atoms with Crippen LogP contribution in [0, 0.1) is 5.41 Å². The van der Waals surface area contributed by atoms with Crippen LogP contribution in [-0.4, -0.2) is 71.2 Å². The Balaban J connectivity index is 1.05. The van der Waals surface area contributed by atoms with E-state index in [0.29, 0.717) is 17.4 Å². The van der Waals surface area contributed by atoms with E-state index in [2.05, 4.69) is 44.5 Å². The number of aromatic nitrogens is 3. The number of likely N-dealkylation sites (tertiary alicyclic amines) is 1. The molecule has 1 N–H and O–H groups in total. The summed E-state index contributed by atoms with van der Waals surface area (Å²) in [4.78, 5) is 7.27. The van der Waals surface area contributed by atoms with E-state index in [9.17, 15) is 0 Å². The maximum absolute atomic E-state index is 6.13. The summed E-state index contributed by atoms with van der Waals surface area (Å²) in [5, 5.41) is 12.4. The number of hydrogen-bond donors (Lipinski definition) is 1. The molecule has 0 aromatic carbocycles. The van der Waals surface area contributed by atoms with Crippen molar-refractivity contribution < 1.29 is 9.47 Å². The minimum Gasteiger partial charge on any atom is -0.376 e. The first-order valence-electron chi connectivity index (χ1n) is 13.1. The molecular formula is C27H37N5O2. The van der Waals surface area contributed by atoms with E-state index in [4.69, 9.17) is 9.47 Å². The van der Waals surface area contributed by atoms with E-state index in [1.165, 1.54) is 49.8 Å². The second-order valence-electron chi connectivity index (χ2n) is 11.3. The lowest BCUT2D eigenvalue weighted by Gasteiger charge is -2.41. The predicted octanol–water partition coefficient (Wildman–Crippen LogP) is 4.27. The fourth-order valence-electron chi connectivity index (χ4n) is 6.21. The third-order valence-corrected chi connectivity index (χ3v) is 8.31. The van der Waals surface area contributed by atoms with Gasteiger partial charge in [0, 0.05) is 48.9 Å². The molecule has 2 aliphatic carbocycles. The third kappa shape index (κ3) is 4.83. The molecule has 182 valence electrons. The topological polar surface area (TPSA) is 72.4 Å². The van der Waals surface area contributed by atoms with Crippen LogP contribution in [0.2, 0.25) is 0 Å². The van der Waals surface area contributed by atoms with Crippen LogP contribution in [0.3, 0.4) is 0 Å². The second-order valence-corrected chi connectivity index (χ2v) is 11.3. The number of rotatable bonds is 6. The smallest absolute Gasteiger partial charge is 0.149 e. The standard InChI is InChI=1S/C27H37N5O2/c1-26(17-32-12-10-27(18-32)19-33-13-14-34-27)8-6-22(7-9-26)30-24-15-21(16-29-31-24)23-3-2-11-28-25(23)20-4-5-20/h2-3,11,15-16,20,22H,4-10,12-14,17-19H2,1H3,(H,30,31)/t22?,26?,27-/m0/s1. The number of hydrogen-bond acceptors (Lipinski definition) is 7. The van der Waals surface area contributed by atoms with Crippen LogP contribution in [0.25, 0.3) is 11.1 Å². The summed E-state index contributed by atoms with van der Waals surface area (Å²) in [7, 11) is 0. The molecule has 34 heavy (non-hydrogen) atoms. The predicted molar refractivity (Wildman–Crippen MR) is 132 cm³/mol. The Morgan fingerprint density at radius 3 is 2.82 bits per heavy atom. The van der Waals surface area contributed by atoms with Gasteiger partial charge in [-0.05, 0) is 62.5 Å². The molecule has 2 aromatic rings. The van der Waals surface area contributed by atoms with Gasteiger partial charge in [-0.15, -0.1) is 5.10 Å². The fraction of sp³-hybridized carbons (Fsp3) is 0.667. The van der Waals surface area contributed by atoms with Gasteiger partial charge in [-0.1, -0.05) is 13.0 Å². The highest BCUT2D eigenvalue weighted by Crippen LogP contribution is 2.43. The van der Waals surface area contributed by atoms with Crippen molar-refractivity contribution in [1.82, 2.24) is 20.1 Å². The molecule has 4 aliphatic rings. The highest BCUT2D eigenvalue weighted by molar-refractivity contribution is 5.68. The lowest BCUT2D eigenvalue weighted by Crippen LogP contribution is -2.47. The summed E-state index contributed by atoms with van der Waals surface area (Å²) in [6.45, 7) is 8.01. The van der Waals surface area contributed by atoms with Gasteiger partial charge in [-0.2, -0.15) is 5.10 Å². The van der Waals surface area contributed by atoms with Crippen LogP contribution in [0.4, 0.5) is 5.82 Å². The van der Waals surface area contributed by atoms with Crippen molar-refractivity contribution in [3.05, 3.63) is 36.3 Å². The third-order valence-electron chi connectivity index (χ3n) is 8.31. The van der Waals surface area contributed by atoms with Crippen molar-refractivity contribution in [2.45, 2.75) is 69.4 Å². The zero-order valence-corrected chi connectivity index (χ0v) is 20.3. The fourth-order valence-corrected chi connectivity index (χ4v) is 6.21. The lowest BCUT2D eigenvalue weighted by atomic mass is 9.73. The van der Waals surface area contributed by atoms with Gasteiger partial charge in [0.25, 0.3) is 0 Å². The van der Waals surface area contributed by atoms with Crippen molar-refractivity contribution >= 4 is 5.82 Å². The first-order chi connectivity index (χ1) is 16.6. The van der Waals surface area contributed by atoms with E-state index in [-0.39, 0.29) is 5.60 Å². The van der Waals surface area contributed by atoms with Crippen LogP contribution in [0.1, 0.15) is 63.5 Å². The quantitative estimate of drug-likeness (QED) is 0.686. The van der Waals surface area contributed by atoms with Gasteiger partial charge in [0.15, 0.2) is 0 Å². The van der Waals surface area contributed by atoms with Gasteiger partial charge >= 0.3 is 0 Å². The molecule has 2 aliphatic heterocycles. The normalized spacial score (nSPS) is 32.2. The maximum Gasteiger partial charge on any atom is 0.149 e. The summed E-state index contributed by atoms with van der Waals surface area (Å²) >= 11 is 0. The molecule has 6 rings (SSSR count).